The van der Waals surface area contributed by atoms with Crippen molar-refractivity contribution in [3.8, 4) is 5.75 Å². The van der Waals surface area contributed by atoms with Crippen molar-refractivity contribution in [3.63, 3.8) is 0 Å². The van der Waals surface area contributed by atoms with Gasteiger partial charge in [-0.2, -0.15) is 0 Å². The highest BCUT2D eigenvalue weighted by Crippen LogP contribution is 2.30. The number of benzene rings is 2. The number of nitrogens with one attached hydrogen (secondary N) is 1. The number of halogens is 1. The quantitative estimate of drug-likeness (QED) is 0.685. The van der Waals surface area contributed by atoms with Gasteiger partial charge in [-0.3, -0.25) is 9.59 Å². The van der Waals surface area contributed by atoms with Crippen LogP contribution < -0.4 is 10.1 Å². The Balaban J connectivity index is 1.72. The second-order valence-electron chi connectivity index (χ2n) is 4.69. The largest absolute Gasteiger partial charge is 0.482 e. The maximum absolute atomic E-state index is 12.3. The minimum atomic E-state index is -0.220. The molecule has 1 amide bonds. The van der Waals surface area contributed by atoms with Crippen LogP contribution in [0.5, 0.6) is 5.75 Å². The Morgan fingerprint density at radius 3 is 2.91 bits per heavy atom. The molecule has 3 rings (SSSR count). The van der Waals surface area contributed by atoms with Gasteiger partial charge in [-0.05, 0) is 30.3 Å². The molecular formula is C16H12ClNO3S. The number of hydrogen-bond acceptors (Lipinski definition) is 4. The van der Waals surface area contributed by atoms with Crippen LogP contribution in [0.3, 0.4) is 0 Å². The normalized spacial score (nSPS) is 13.0. The number of carbonyl (C=O) groups excluding carboxylic acids is 2. The Morgan fingerprint density at radius 2 is 2.09 bits per heavy atom. The van der Waals surface area contributed by atoms with Gasteiger partial charge in [0.05, 0.1) is 16.5 Å². The summed E-state index contributed by atoms with van der Waals surface area (Å²) in [6.45, 7) is 0.00263. The van der Waals surface area contributed by atoms with Crippen LogP contribution in [0.4, 0.5) is 5.69 Å². The molecule has 112 valence electrons. The first-order valence-electron chi connectivity index (χ1n) is 6.61. The van der Waals surface area contributed by atoms with E-state index in [1.165, 1.54) is 11.8 Å². The summed E-state index contributed by atoms with van der Waals surface area (Å²) in [5.41, 5.74) is 1.06. The van der Waals surface area contributed by atoms with Crippen molar-refractivity contribution in [3.05, 3.63) is 53.1 Å². The van der Waals surface area contributed by atoms with Crippen molar-refractivity contribution in [1.29, 1.82) is 0 Å². The van der Waals surface area contributed by atoms with Gasteiger partial charge in [-0.1, -0.05) is 23.7 Å². The molecule has 2 aromatic rings. The fraction of sp³-hybridized carbons (Fsp3) is 0.125. The summed E-state index contributed by atoms with van der Waals surface area (Å²) in [6.07, 6.45) is 0. The predicted molar refractivity (Wildman–Crippen MR) is 87.1 cm³/mol. The number of hydrogen-bond donors (Lipinski definition) is 1. The van der Waals surface area contributed by atoms with Gasteiger partial charge >= 0.3 is 0 Å². The zero-order valence-electron chi connectivity index (χ0n) is 11.5. The lowest BCUT2D eigenvalue weighted by atomic mass is 10.1. The van der Waals surface area contributed by atoms with Crippen molar-refractivity contribution in [2.45, 2.75) is 4.90 Å². The molecule has 0 atom stereocenters. The number of fused-ring (bicyclic) bond motifs is 1. The van der Waals surface area contributed by atoms with Gasteiger partial charge < -0.3 is 10.1 Å². The fourth-order valence-corrected chi connectivity index (χ4v) is 3.18. The van der Waals surface area contributed by atoms with E-state index in [4.69, 9.17) is 16.3 Å². The van der Waals surface area contributed by atoms with E-state index in [0.717, 1.165) is 4.90 Å². The molecular weight excluding hydrogens is 322 g/mol. The zero-order chi connectivity index (χ0) is 15.5. The van der Waals surface area contributed by atoms with Gasteiger partial charge in [-0.15, -0.1) is 11.8 Å². The molecule has 22 heavy (non-hydrogen) atoms. The van der Waals surface area contributed by atoms with Crippen molar-refractivity contribution in [2.24, 2.45) is 0 Å². The van der Waals surface area contributed by atoms with Gasteiger partial charge in [0.2, 0.25) is 0 Å². The third kappa shape index (κ3) is 3.26. The van der Waals surface area contributed by atoms with Crippen LogP contribution in [-0.4, -0.2) is 24.1 Å². The minimum Gasteiger partial charge on any atom is -0.482 e. The third-order valence-corrected chi connectivity index (χ3v) is 4.64. The molecule has 0 spiro atoms. The van der Waals surface area contributed by atoms with Gasteiger partial charge in [-0.25, -0.2) is 0 Å². The molecule has 1 aliphatic rings. The second-order valence-corrected chi connectivity index (χ2v) is 6.11. The third-order valence-electron chi connectivity index (χ3n) is 3.13. The topological polar surface area (TPSA) is 55.4 Å². The SMILES string of the molecule is O=C1COc2ccc(C(=O)CSc3ccccc3Cl)cc2N1. The van der Waals surface area contributed by atoms with Crippen LogP contribution in [-0.2, 0) is 4.79 Å². The molecule has 2 aromatic carbocycles. The molecule has 0 unspecified atom stereocenters. The Hall–Kier alpha value is -1.98. The first-order chi connectivity index (χ1) is 10.6. The molecule has 0 radical (unpaired) electrons. The lowest BCUT2D eigenvalue weighted by Gasteiger charge is -2.18. The van der Waals surface area contributed by atoms with Crippen molar-refractivity contribution >= 4 is 40.7 Å². The van der Waals surface area contributed by atoms with Gasteiger partial charge in [0.15, 0.2) is 12.4 Å². The second kappa shape index (κ2) is 6.42. The molecule has 1 N–H and O–H groups in total. The first kappa shape index (κ1) is 14.9. The molecule has 4 nitrogen and oxygen atoms in total. The Morgan fingerprint density at radius 1 is 1.27 bits per heavy atom. The van der Waals surface area contributed by atoms with Crippen LogP contribution in [0.1, 0.15) is 10.4 Å². The minimum absolute atomic E-state index is 0.00263. The van der Waals surface area contributed by atoms with Crippen LogP contribution >= 0.6 is 23.4 Å². The van der Waals surface area contributed by atoms with Crippen LogP contribution in [0.2, 0.25) is 5.02 Å². The summed E-state index contributed by atoms with van der Waals surface area (Å²) in [6, 6.07) is 12.4. The van der Waals surface area contributed by atoms with Gasteiger partial charge in [0.1, 0.15) is 5.75 Å². The number of ether oxygens (including phenoxy) is 1. The van der Waals surface area contributed by atoms with E-state index >= 15 is 0 Å². The van der Waals surface area contributed by atoms with E-state index < -0.39 is 0 Å². The Bertz CT molecular complexity index is 748. The molecule has 0 saturated carbocycles. The van der Waals surface area contributed by atoms with Crippen molar-refractivity contribution in [2.75, 3.05) is 17.7 Å². The van der Waals surface area contributed by atoms with Crippen molar-refractivity contribution < 1.29 is 14.3 Å². The Labute approximate surface area is 136 Å². The number of ketones is 1. The molecule has 0 fully saturated rings. The maximum Gasteiger partial charge on any atom is 0.262 e. The summed E-state index contributed by atoms with van der Waals surface area (Å²) in [5.74, 6) is 0.599. The van der Waals surface area contributed by atoms with E-state index in [9.17, 15) is 9.59 Å². The summed E-state index contributed by atoms with van der Waals surface area (Å²) in [7, 11) is 0. The molecule has 0 saturated heterocycles. The highest BCUT2D eigenvalue weighted by Gasteiger charge is 2.18. The van der Waals surface area contributed by atoms with Gasteiger partial charge in [0, 0.05) is 10.5 Å². The number of carbonyl (C=O) groups is 2. The number of anilines is 1. The van der Waals surface area contributed by atoms with Gasteiger partial charge in [0.25, 0.3) is 5.91 Å². The number of rotatable bonds is 4. The highest BCUT2D eigenvalue weighted by molar-refractivity contribution is 8.00. The fourth-order valence-electron chi connectivity index (χ4n) is 2.04. The summed E-state index contributed by atoms with van der Waals surface area (Å²) < 4.78 is 5.27. The molecule has 1 aliphatic heterocycles. The Kier molecular flexibility index (Phi) is 4.36. The van der Waals surface area contributed by atoms with E-state index in [1.54, 1.807) is 24.3 Å². The average molecular weight is 334 g/mol. The molecule has 0 aliphatic carbocycles. The lowest BCUT2D eigenvalue weighted by molar-refractivity contribution is -0.118. The first-order valence-corrected chi connectivity index (χ1v) is 7.97. The van der Waals surface area contributed by atoms with E-state index in [-0.39, 0.29) is 24.1 Å². The molecule has 1 heterocycles. The average Bonchev–Trinajstić information content (AvgIpc) is 2.53. The van der Waals surface area contributed by atoms with Crippen LogP contribution in [0.15, 0.2) is 47.4 Å². The number of Topliss-reactive ketones (excluding diaryl/α,β-unsaturated/α-hetero) is 1. The highest BCUT2D eigenvalue weighted by atomic mass is 35.5. The molecule has 0 aromatic heterocycles. The summed E-state index contributed by atoms with van der Waals surface area (Å²) in [5, 5.41) is 3.32. The predicted octanol–water partition coefficient (Wildman–Crippen LogP) is 3.65. The number of thioether (sulfide) groups is 1. The molecule has 6 heteroatoms. The van der Waals surface area contributed by atoms with Crippen LogP contribution in [0.25, 0.3) is 0 Å². The van der Waals surface area contributed by atoms with Crippen LogP contribution in [0, 0.1) is 0 Å². The standard InChI is InChI=1S/C16H12ClNO3S/c17-11-3-1-2-4-15(11)22-9-13(19)10-5-6-14-12(7-10)18-16(20)8-21-14/h1-7H,8-9H2,(H,18,20). The zero-order valence-corrected chi connectivity index (χ0v) is 13.0. The van der Waals surface area contributed by atoms with Crippen molar-refractivity contribution in [1.82, 2.24) is 0 Å². The smallest absolute Gasteiger partial charge is 0.262 e. The lowest BCUT2D eigenvalue weighted by Crippen LogP contribution is -2.25. The monoisotopic (exact) mass is 333 g/mol. The number of amides is 1. The summed E-state index contributed by atoms with van der Waals surface area (Å²) in [4.78, 5) is 24.5. The van der Waals surface area contributed by atoms with E-state index in [2.05, 4.69) is 5.32 Å². The van der Waals surface area contributed by atoms with E-state index in [1.807, 2.05) is 18.2 Å². The van der Waals surface area contributed by atoms with E-state index in [0.29, 0.717) is 22.0 Å². The summed E-state index contributed by atoms with van der Waals surface area (Å²) >= 11 is 7.46. The molecule has 0 bridgehead atoms. The maximum atomic E-state index is 12.3.